The maximum Gasteiger partial charge on any atom is 0.265 e. The molecule has 0 spiro atoms. The van der Waals surface area contributed by atoms with E-state index < -0.39 is 0 Å². The first kappa shape index (κ1) is 16.3. The molecule has 4 nitrogen and oxygen atoms in total. The van der Waals surface area contributed by atoms with E-state index in [1.54, 1.807) is 0 Å². The maximum absolute atomic E-state index is 12.5. The zero-order chi connectivity index (χ0) is 16.8. The van der Waals surface area contributed by atoms with Crippen LogP contribution in [0, 0.1) is 0 Å². The van der Waals surface area contributed by atoms with Gasteiger partial charge in [-0.3, -0.25) is 4.79 Å². The van der Waals surface area contributed by atoms with E-state index in [0.29, 0.717) is 10.6 Å². The molecule has 1 N–H and O–H groups in total. The molecule has 0 aliphatic carbocycles. The van der Waals surface area contributed by atoms with E-state index in [1.165, 1.54) is 5.56 Å². The van der Waals surface area contributed by atoms with Crippen molar-refractivity contribution >= 4 is 17.4 Å². The molecule has 0 saturated carbocycles. The molecule has 0 bridgehead atoms. The Morgan fingerprint density at radius 1 is 1.08 bits per heavy atom. The summed E-state index contributed by atoms with van der Waals surface area (Å²) in [5, 5.41) is 7.17. The number of amides is 1. The minimum absolute atomic E-state index is 0.0865. The summed E-state index contributed by atoms with van der Waals surface area (Å²) >= 11 is 1.14. The standard InChI is InChI=1S/C19H19N3OS/c1-14(12-13-15-8-4-2-5-9-15)20-19(23)18-17(21-22-24-18)16-10-6-3-7-11-16/h2-11,14H,12-13H2,1H3,(H,20,23)/t14-/m1/s1. The summed E-state index contributed by atoms with van der Waals surface area (Å²) < 4.78 is 3.95. The topological polar surface area (TPSA) is 54.9 Å². The van der Waals surface area contributed by atoms with Gasteiger partial charge in [-0.1, -0.05) is 65.2 Å². The van der Waals surface area contributed by atoms with Crippen LogP contribution in [0.15, 0.2) is 60.7 Å². The molecule has 1 aromatic heterocycles. The van der Waals surface area contributed by atoms with E-state index in [2.05, 4.69) is 27.0 Å². The van der Waals surface area contributed by atoms with Gasteiger partial charge in [-0.25, -0.2) is 0 Å². The third-order valence-electron chi connectivity index (χ3n) is 3.83. The number of rotatable bonds is 6. The normalized spacial score (nSPS) is 11.9. The largest absolute Gasteiger partial charge is 0.349 e. The second kappa shape index (κ2) is 7.84. The van der Waals surface area contributed by atoms with Crippen molar-refractivity contribution in [2.45, 2.75) is 25.8 Å². The van der Waals surface area contributed by atoms with Gasteiger partial charge in [-0.15, -0.1) is 5.10 Å². The van der Waals surface area contributed by atoms with Crippen LogP contribution in [0.1, 0.15) is 28.6 Å². The number of hydrogen-bond donors (Lipinski definition) is 1. The Balaban J connectivity index is 1.62. The maximum atomic E-state index is 12.5. The number of nitrogens with zero attached hydrogens (tertiary/aromatic N) is 2. The van der Waals surface area contributed by atoms with Crippen LogP contribution in [-0.4, -0.2) is 21.5 Å². The minimum atomic E-state index is -0.107. The van der Waals surface area contributed by atoms with Crippen molar-refractivity contribution in [1.82, 2.24) is 14.9 Å². The fourth-order valence-electron chi connectivity index (χ4n) is 2.51. The van der Waals surface area contributed by atoms with Gasteiger partial charge in [0.2, 0.25) is 0 Å². The Bertz CT molecular complexity index is 787. The third-order valence-corrected chi connectivity index (χ3v) is 4.55. The lowest BCUT2D eigenvalue weighted by molar-refractivity contribution is 0.0943. The summed E-state index contributed by atoms with van der Waals surface area (Å²) in [4.78, 5) is 13.1. The lowest BCUT2D eigenvalue weighted by atomic mass is 10.1. The van der Waals surface area contributed by atoms with Crippen molar-refractivity contribution in [2.75, 3.05) is 0 Å². The summed E-state index contributed by atoms with van der Waals surface area (Å²) in [7, 11) is 0. The van der Waals surface area contributed by atoms with Crippen molar-refractivity contribution in [3.05, 3.63) is 71.1 Å². The molecule has 0 aliphatic rings. The lowest BCUT2D eigenvalue weighted by Gasteiger charge is -2.13. The van der Waals surface area contributed by atoms with E-state index >= 15 is 0 Å². The Morgan fingerprint density at radius 2 is 1.75 bits per heavy atom. The van der Waals surface area contributed by atoms with Gasteiger partial charge in [-0.05, 0) is 36.9 Å². The zero-order valence-corrected chi connectivity index (χ0v) is 14.3. The van der Waals surface area contributed by atoms with Crippen LogP contribution in [0.2, 0.25) is 0 Å². The summed E-state index contributed by atoms with van der Waals surface area (Å²) in [6.45, 7) is 2.03. The molecule has 24 heavy (non-hydrogen) atoms. The molecule has 1 heterocycles. The van der Waals surface area contributed by atoms with Crippen LogP contribution in [0.3, 0.4) is 0 Å². The van der Waals surface area contributed by atoms with Crippen LogP contribution < -0.4 is 5.32 Å². The SMILES string of the molecule is C[C@H](CCc1ccccc1)NC(=O)c1snnc1-c1ccccc1. The molecular formula is C19H19N3OS. The Kier molecular flexibility index (Phi) is 5.33. The smallest absolute Gasteiger partial charge is 0.265 e. The van der Waals surface area contributed by atoms with Gasteiger partial charge < -0.3 is 5.32 Å². The quantitative estimate of drug-likeness (QED) is 0.741. The van der Waals surface area contributed by atoms with Crippen LogP contribution in [0.5, 0.6) is 0 Å². The van der Waals surface area contributed by atoms with E-state index in [1.807, 2.05) is 55.5 Å². The van der Waals surface area contributed by atoms with Crippen molar-refractivity contribution in [1.29, 1.82) is 0 Å². The molecule has 0 radical (unpaired) electrons. The molecule has 0 unspecified atom stereocenters. The van der Waals surface area contributed by atoms with Crippen molar-refractivity contribution in [3.8, 4) is 11.3 Å². The molecule has 1 atom stereocenters. The molecule has 122 valence electrons. The predicted octanol–water partition coefficient (Wildman–Crippen LogP) is 3.96. The van der Waals surface area contributed by atoms with Gasteiger partial charge in [0.15, 0.2) is 0 Å². The fraction of sp³-hybridized carbons (Fsp3) is 0.211. The predicted molar refractivity (Wildman–Crippen MR) is 97.0 cm³/mol. The van der Waals surface area contributed by atoms with Gasteiger partial charge in [0.1, 0.15) is 10.6 Å². The second-order valence-electron chi connectivity index (χ2n) is 5.72. The molecule has 5 heteroatoms. The number of carbonyl (C=O) groups is 1. The van der Waals surface area contributed by atoms with Crippen LogP contribution in [0.4, 0.5) is 0 Å². The molecule has 0 fully saturated rings. The molecule has 0 saturated heterocycles. The van der Waals surface area contributed by atoms with E-state index in [0.717, 1.165) is 29.9 Å². The average molecular weight is 337 g/mol. The number of aromatic nitrogens is 2. The van der Waals surface area contributed by atoms with Gasteiger partial charge in [-0.2, -0.15) is 0 Å². The van der Waals surface area contributed by atoms with E-state index in [4.69, 9.17) is 0 Å². The molecule has 1 amide bonds. The first-order valence-electron chi connectivity index (χ1n) is 7.96. The average Bonchev–Trinajstić information content (AvgIpc) is 3.11. The Hall–Kier alpha value is -2.53. The highest BCUT2D eigenvalue weighted by Crippen LogP contribution is 2.23. The lowest BCUT2D eigenvalue weighted by Crippen LogP contribution is -2.32. The fourth-order valence-corrected chi connectivity index (χ4v) is 3.11. The van der Waals surface area contributed by atoms with Crippen molar-refractivity contribution < 1.29 is 4.79 Å². The van der Waals surface area contributed by atoms with E-state index in [9.17, 15) is 4.79 Å². The summed E-state index contributed by atoms with van der Waals surface area (Å²) in [6, 6.07) is 20.1. The zero-order valence-electron chi connectivity index (χ0n) is 13.5. The molecule has 3 aromatic rings. The highest BCUT2D eigenvalue weighted by Gasteiger charge is 2.19. The molecule has 3 rings (SSSR count). The van der Waals surface area contributed by atoms with E-state index in [-0.39, 0.29) is 11.9 Å². The van der Waals surface area contributed by atoms with Crippen molar-refractivity contribution in [2.24, 2.45) is 0 Å². The number of carbonyl (C=O) groups excluding carboxylic acids is 1. The Labute approximate surface area is 145 Å². The summed E-state index contributed by atoms with van der Waals surface area (Å²) in [6.07, 6.45) is 1.83. The van der Waals surface area contributed by atoms with Gasteiger partial charge in [0.05, 0.1) is 0 Å². The first-order chi connectivity index (χ1) is 11.7. The van der Waals surface area contributed by atoms with Gasteiger partial charge in [0.25, 0.3) is 5.91 Å². The van der Waals surface area contributed by atoms with Gasteiger partial charge >= 0.3 is 0 Å². The van der Waals surface area contributed by atoms with Crippen LogP contribution in [0.25, 0.3) is 11.3 Å². The third kappa shape index (κ3) is 4.06. The minimum Gasteiger partial charge on any atom is -0.349 e. The second-order valence-corrected chi connectivity index (χ2v) is 6.47. The number of aryl methyl sites for hydroxylation is 1. The monoisotopic (exact) mass is 337 g/mol. The van der Waals surface area contributed by atoms with Crippen LogP contribution in [-0.2, 0) is 6.42 Å². The molecule has 0 aliphatic heterocycles. The number of nitrogens with one attached hydrogen (secondary N) is 1. The highest BCUT2D eigenvalue weighted by atomic mass is 32.1. The van der Waals surface area contributed by atoms with Crippen molar-refractivity contribution in [3.63, 3.8) is 0 Å². The first-order valence-corrected chi connectivity index (χ1v) is 8.74. The molecular weight excluding hydrogens is 318 g/mol. The van der Waals surface area contributed by atoms with Crippen LogP contribution >= 0.6 is 11.5 Å². The number of hydrogen-bond acceptors (Lipinski definition) is 4. The molecule has 2 aromatic carbocycles. The summed E-state index contributed by atoms with van der Waals surface area (Å²) in [5.74, 6) is -0.107. The van der Waals surface area contributed by atoms with Gasteiger partial charge in [0, 0.05) is 11.6 Å². The highest BCUT2D eigenvalue weighted by molar-refractivity contribution is 7.08. The Morgan fingerprint density at radius 3 is 2.46 bits per heavy atom. The summed E-state index contributed by atoms with van der Waals surface area (Å²) in [5.41, 5.74) is 2.84. The number of benzene rings is 2.